The van der Waals surface area contributed by atoms with Crippen LogP contribution in [-0.4, -0.2) is 40.3 Å². The molecule has 0 radical (unpaired) electrons. The highest BCUT2D eigenvalue weighted by Crippen LogP contribution is 2.31. The van der Waals surface area contributed by atoms with Gasteiger partial charge in [0.1, 0.15) is 0 Å². The molecule has 3 unspecified atom stereocenters. The number of amides is 1. The topological polar surface area (TPSA) is 52.6 Å². The van der Waals surface area contributed by atoms with Crippen LogP contribution in [0.3, 0.4) is 0 Å². The van der Waals surface area contributed by atoms with Crippen LogP contribution in [0.2, 0.25) is 0 Å². The lowest BCUT2D eigenvalue weighted by atomic mass is 9.91. The minimum atomic E-state index is -0.166. The summed E-state index contributed by atoms with van der Waals surface area (Å²) < 4.78 is 0. The van der Waals surface area contributed by atoms with E-state index in [-0.39, 0.29) is 24.2 Å². The van der Waals surface area contributed by atoms with Crippen molar-refractivity contribution in [2.75, 3.05) is 0 Å². The zero-order valence-electron chi connectivity index (χ0n) is 14.0. The van der Waals surface area contributed by atoms with E-state index < -0.39 is 0 Å². The molecule has 1 aliphatic carbocycles. The first-order valence-electron chi connectivity index (χ1n) is 8.70. The molecule has 0 spiro atoms. The lowest BCUT2D eigenvalue weighted by Gasteiger charge is -2.37. The molecule has 4 nitrogen and oxygen atoms in total. The normalized spacial score (nSPS) is 35.5. The van der Waals surface area contributed by atoms with Gasteiger partial charge < -0.3 is 10.0 Å². The predicted molar refractivity (Wildman–Crippen MR) is 84.7 cm³/mol. The van der Waals surface area contributed by atoms with Crippen LogP contribution in [0.25, 0.3) is 0 Å². The Bertz CT molecular complexity index is 351. The van der Waals surface area contributed by atoms with Crippen molar-refractivity contribution in [2.45, 2.75) is 90.6 Å². The largest absolute Gasteiger partial charge is 0.393 e. The van der Waals surface area contributed by atoms with E-state index in [1.165, 1.54) is 0 Å². The summed E-state index contributed by atoms with van der Waals surface area (Å²) in [7, 11) is 0. The molecular weight excluding hydrogens is 264 g/mol. The number of hydrogen-bond donors (Lipinski definition) is 2. The van der Waals surface area contributed by atoms with Crippen LogP contribution >= 0.6 is 0 Å². The van der Waals surface area contributed by atoms with Crippen molar-refractivity contribution in [1.29, 1.82) is 0 Å². The summed E-state index contributed by atoms with van der Waals surface area (Å²) in [5.74, 6) is 1.24. The van der Waals surface area contributed by atoms with Crippen molar-refractivity contribution in [3.05, 3.63) is 0 Å². The van der Waals surface area contributed by atoms with E-state index in [0.717, 1.165) is 38.5 Å². The maximum absolute atomic E-state index is 12.9. The summed E-state index contributed by atoms with van der Waals surface area (Å²) in [6.07, 6.45) is 5.59. The smallest absolute Gasteiger partial charge is 0.241 e. The molecule has 1 aliphatic heterocycles. The van der Waals surface area contributed by atoms with Crippen molar-refractivity contribution in [3.8, 4) is 0 Å². The first-order chi connectivity index (χ1) is 9.93. The van der Waals surface area contributed by atoms with Crippen LogP contribution in [0.1, 0.15) is 66.2 Å². The highest BCUT2D eigenvalue weighted by molar-refractivity contribution is 5.85. The first-order valence-corrected chi connectivity index (χ1v) is 8.70. The maximum Gasteiger partial charge on any atom is 0.241 e. The Morgan fingerprint density at radius 3 is 2.38 bits per heavy atom. The van der Waals surface area contributed by atoms with Crippen molar-refractivity contribution in [1.82, 2.24) is 10.2 Å². The highest BCUT2D eigenvalue weighted by Gasteiger charge is 2.44. The summed E-state index contributed by atoms with van der Waals surface area (Å²) >= 11 is 0. The van der Waals surface area contributed by atoms with Crippen LogP contribution in [0, 0.1) is 11.8 Å². The molecule has 2 fully saturated rings. The molecule has 2 N–H and O–H groups in total. The molecule has 4 heteroatoms. The van der Waals surface area contributed by atoms with Gasteiger partial charge in [0.25, 0.3) is 0 Å². The number of carbonyl (C=O) groups excluding carboxylic acids is 1. The monoisotopic (exact) mass is 296 g/mol. The zero-order chi connectivity index (χ0) is 15.6. The third-order valence-electron chi connectivity index (χ3n) is 5.20. The van der Waals surface area contributed by atoms with Gasteiger partial charge in [-0.2, -0.15) is 0 Å². The fourth-order valence-corrected chi connectivity index (χ4v) is 3.72. The van der Waals surface area contributed by atoms with Gasteiger partial charge in [-0.1, -0.05) is 34.1 Å². The molecule has 2 rings (SSSR count). The molecule has 0 aromatic heterocycles. The zero-order valence-corrected chi connectivity index (χ0v) is 14.0. The molecule has 3 atom stereocenters. The number of aliphatic hydroxyl groups is 1. The second kappa shape index (κ2) is 7.10. The fourth-order valence-electron chi connectivity index (χ4n) is 3.72. The van der Waals surface area contributed by atoms with E-state index in [9.17, 15) is 9.90 Å². The van der Waals surface area contributed by atoms with Gasteiger partial charge in [0.05, 0.1) is 18.3 Å². The third kappa shape index (κ3) is 3.78. The molecule has 0 aromatic rings. The van der Waals surface area contributed by atoms with Gasteiger partial charge in [-0.25, -0.2) is 0 Å². The van der Waals surface area contributed by atoms with Crippen LogP contribution in [-0.2, 0) is 4.79 Å². The summed E-state index contributed by atoms with van der Waals surface area (Å²) in [5.41, 5.74) is 0. The quantitative estimate of drug-likeness (QED) is 0.819. The average molecular weight is 296 g/mol. The molecule has 122 valence electrons. The minimum absolute atomic E-state index is 0.0226. The van der Waals surface area contributed by atoms with E-state index in [1.54, 1.807) is 0 Å². The maximum atomic E-state index is 12.9. The first kappa shape index (κ1) is 16.8. The minimum Gasteiger partial charge on any atom is -0.393 e. The van der Waals surface area contributed by atoms with Gasteiger partial charge in [-0.05, 0) is 43.9 Å². The number of nitrogens with zero attached hydrogens (tertiary/aromatic N) is 1. The Morgan fingerprint density at radius 2 is 1.86 bits per heavy atom. The van der Waals surface area contributed by atoms with Crippen LogP contribution in [0.4, 0.5) is 0 Å². The number of nitrogens with one attached hydrogen (secondary N) is 1. The molecule has 0 aromatic carbocycles. The molecule has 21 heavy (non-hydrogen) atoms. The number of carbonyl (C=O) groups is 1. The van der Waals surface area contributed by atoms with E-state index in [2.05, 4.69) is 37.9 Å². The standard InChI is InChI=1S/C17H32N2O2/c1-5-12(4)16-17(21)19(15(18-16)10-11(2)3)13-6-8-14(20)9-7-13/h11-16,18,20H,5-10H2,1-4H3. The Hall–Kier alpha value is -0.610. The average Bonchev–Trinajstić information content (AvgIpc) is 2.75. The van der Waals surface area contributed by atoms with Crippen molar-refractivity contribution in [3.63, 3.8) is 0 Å². The number of hydrogen-bond acceptors (Lipinski definition) is 3. The van der Waals surface area contributed by atoms with Gasteiger partial charge in [0, 0.05) is 6.04 Å². The van der Waals surface area contributed by atoms with E-state index in [0.29, 0.717) is 17.9 Å². The molecular formula is C17H32N2O2. The molecule has 1 saturated heterocycles. The van der Waals surface area contributed by atoms with Crippen LogP contribution in [0.5, 0.6) is 0 Å². The van der Waals surface area contributed by atoms with E-state index in [4.69, 9.17) is 0 Å². The van der Waals surface area contributed by atoms with Gasteiger partial charge in [0.2, 0.25) is 5.91 Å². The second-order valence-corrected chi connectivity index (χ2v) is 7.38. The molecule has 1 amide bonds. The van der Waals surface area contributed by atoms with Gasteiger partial charge in [-0.3, -0.25) is 10.1 Å². The summed E-state index contributed by atoms with van der Waals surface area (Å²) in [4.78, 5) is 15.0. The predicted octanol–water partition coefficient (Wildman–Crippen LogP) is 2.51. The summed E-state index contributed by atoms with van der Waals surface area (Å²) in [6.45, 7) is 8.74. The van der Waals surface area contributed by atoms with E-state index >= 15 is 0 Å². The summed E-state index contributed by atoms with van der Waals surface area (Å²) in [5, 5.41) is 13.3. The Morgan fingerprint density at radius 1 is 1.24 bits per heavy atom. The Kier molecular flexibility index (Phi) is 5.67. The molecule has 1 heterocycles. The SMILES string of the molecule is CCC(C)C1NC(CC(C)C)N(C2CCC(O)CC2)C1=O. The second-order valence-electron chi connectivity index (χ2n) is 7.38. The van der Waals surface area contributed by atoms with Crippen molar-refractivity contribution >= 4 is 5.91 Å². The lowest BCUT2D eigenvalue weighted by Crippen LogP contribution is -2.47. The molecule has 1 saturated carbocycles. The summed E-state index contributed by atoms with van der Waals surface area (Å²) in [6, 6.07) is 0.289. The van der Waals surface area contributed by atoms with Crippen LogP contribution < -0.4 is 5.32 Å². The lowest BCUT2D eigenvalue weighted by molar-refractivity contribution is -0.134. The molecule has 2 aliphatic rings. The highest BCUT2D eigenvalue weighted by atomic mass is 16.3. The fraction of sp³-hybridized carbons (Fsp3) is 0.941. The van der Waals surface area contributed by atoms with E-state index in [1.807, 2.05) is 0 Å². The Labute approximate surface area is 129 Å². The van der Waals surface area contributed by atoms with Crippen molar-refractivity contribution in [2.24, 2.45) is 11.8 Å². The third-order valence-corrected chi connectivity index (χ3v) is 5.20. The Balaban J connectivity index is 2.11. The van der Waals surface area contributed by atoms with Gasteiger partial charge in [-0.15, -0.1) is 0 Å². The number of aliphatic hydroxyl groups excluding tert-OH is 1. The van der Waals surface area contributed by atoms with Crippen molar-refractivity contribution < 1.29 is 9.90 Å². The number of rotatable bonds is 5. The molecule has 0 bridgehead atoms. The van der Waals surface area contributed by atoms with Gasteiger partial charge in [0.15, 0.2) is 0 Å². The van der Waals surface area contributed by atoms with Crippen LogP contribution in [0.15, 0.2) is 0 Å². The van der Waals surface area contributed by atoms with Gasteiger partial charge >= 0.3 is 0 Å².